The second-order valence-corrected chi connectivity index (χ2v) is 7.98. The maximum absolute atomic E-state index is 12.1. The fraction of sp³-hybridized carbons (Fsp3) is 0.320. The molecule has 1 aromatic heterocycles. The van der Waals surface area contributed by atoms with E-state index in [1.54, 1.807) is 26.1 Å². The van der Waals surface area contributed by atoms with Gasteiger partial charge in [0.05, 0.1) is 31.6 Å². The standard InChI is InChI=1S/C25H32N6O2.HI/c1-18-14-19(2)31(29-18)23-9-7-6-8-21(23)16-27-25(28-17-24(32)30(3)4)26-15-20-10-12-22(33-5)13-11-20;/h6-14H,15-17H2,1-5H3,(H2,26,27,28);1H. The summed E-state index contributed by atoms with van der Waals surface area (Å²) in [5.41, 5.74) is 5.17. The number of hydrogen-bond acceptors (Lipinski definition) is 4. The molecule has 0 saturated heterocycles. The highest BCUT2D eigenvalue weighted by molar-refractivity contribution is 14.0. The van der Waals surface area contributed by atoms with Gasteiger partial charge in [0, 0.05) is 26.3 Å². The summed E-state index contributed by atoms with van der Waals surface area (Å²) in [7, 11) is 5.11. The average Bonchev–Trinajstić information content (AvgIpc) is 3.16. The minimum atomic E-state index is -0.0306. The number of methoxy groups -OCH3 is 1. The number of carbonyl (C=O) groups is 1. The average molecular weight is 576 g/mol. The van der Waals surface area contributed by atoms with Gasteiger partial charge in [-0.05, 0) is 49.2 Å². The molecule has 9 heteroatoms. The van der Waals surface area contributed by atoms with Crippen molar-refractivity contribution in [2.45, 2.75) is 26.9 Å². The number of amides is 1. The van der Waals surface area contributed by atoms with Crippen LogP contribution in [0, 0.1) is 13.8 Å². The number of nitrogens with zero attached hydrogens (tertiary/aromatic N) is 4. The number of rotatable bonds is 8. The van der Waals surface area contributed by atoms with Crippen LogP contribution < -0.4 is 15.4 Å². The molecule has 0 aliphatic heterocycles. The lowest BCUT2D eigenvalue weighted by atomic mass is 10.1. The van der Waals surface area contributed by atoms with Gasteiger partial charge in [0.25, 0.3) is 0 Å². The van der Waals surface area contributed by atoms with Crippen molar-refractivity contribution in [2.75, 3.05) is 27.7 Å². The fourth-order valence-corrected chi connectivity index (χ4v) is 3.31. The second-order valence-electron chi connectivity index (χ2n) is 7.98. The molecule has 182 valence electrons. The molecule has 0 aliphatic carbocycles. The van der Waals surface area contributed by atoms with Crippen molar-refractivity contribution in [3.8, 4) is 11.4 Å². The van der Waals surface area contributed by atoms with Crippen molar-refractivity contribution >= 4 is 35.8 Å². The van der Waals surface area contributed by atoms with Crippen molar-refractivity contribution in [3.63, 3.8) is 0 Å². The van der Waals surface area contributed by atoms with Gasteiger partial charge in [-0.1, -0.05) is 30.3 Å². The molecule has 0 atom stereocenters. The van der Waals surface area contributed by atoms with E-state index in [-0.39, 0.29) is 36.4 Å². The first-order valence-corrected chi connectivity index (χ1v) is 10.8. The van der Waals surface area contributed by atoms with Crippen molar-refractivity contribution in [1.82, 2.24) is 25.3 Å². The summed E-state index contributed by atoms with van der Waals surface area (Å²) >= 11 is 0. The Labute approximate surface area is 218 Å². The van der Waals surface area contributed by atoms with Gasteiger partial charge >= 0.3 is 0 Å². The third-order valence-corrected chi connectivity index (χ3v) is 5.16. The van der Waals surface area contributed by atoms with Crippen LogP contribution in [0.1, 0.15) is 22.5 Å². The second kappa shape index (κ2) is 13.0. The van der Waals surface area contributed by atoms with Crippen molar-refractivity contribution in [1.29, 1.82) is 0 Å². The Kier molecular flexibility index (Phi) is 10.4. The van der Waals surface area contributed by atoms with Gasteiger partial charge in [-0.3, -0.25) is 4.79 Å². The number of likely N-dealkylation sites (N-methyl/N-ethyl adjacent to an activating group) is 1. The molecule has 1 heterocycles. The number of nitrogens with one attached hydrogen (secondary N) is 2. The van der Waals surface area contributed by atoms with Gasteiger partial charge in [0.2, 0.25) is 5.91 Å². The van der Waals surface area contributed by atoms with E-state index in [0.717, 1.165) is 34.0 Å². The molecule has 0 radical (unpaired) electrons. The maximum Gasteiger partial charge on any atom is 0.241 e. The van der Waals surface area contributed by atoms with E-state index in [4.69, 9.17) is 4.74 Å². The van der Waals surface area contributed by atoms with Gasteiger partial charge in [-0.25, -0.2) is 9.67 Å². The lowest BCUT2D eigenvalue weighted by molar-refractivity contribution is -0.127. The summed E-state index contributed by atoms with van der Waals surface area (Å²) in [6.45, 7) is 5.18. The third-order valence-electron chi connectivity index (χ3n) is 5.16. The van der Waals surface area contributed by atoms with Crippen LogP contribution in [0.2, 0.25) is 0 Å². The highest BCUT2D eigenvalue weighted by atomic mass is 127. The van der Waals surface area contributed by atoms with E-state index < -0.39 is 0 Å². The van der Waals surface area contributed by atoms with Crippen LogP contribution in [-0.2, 0) is 17.9 Å². The number of aliphatic imine (C=N–C) groups is 1. The molecule has 34 heavy (non-hydrogen) atoms. The van der Waals surface area contributed by atoms with E-state index >= 15 is 0 Å². The minimum absolute atomic E-state index is 0. The normalized spacial score (nSPS) is 10.9. The molecule has 0 saturated carbocycles. The monoisotopic (exact) mass is 576 g/mol. The highest BCUT2D eigenvalue weighted by Crippen LogP contribution is 2.17. The Bertz CT molecular complexity index is 1110. The van der Waals surface area contributed by atoms with Crippen LogP contribution in [-0.4, -0.2) is 54.3 Å². The topological polar surface area (TPSA) is 83.8 Å². The van der Waals surface area contributed by atoms with Crippen LogP contribution >= 0.6 is 24.0 Å². The lowest BCUT2D eigenvalue weighted by Gasteiger charge is -2.17. The molecule has 2 aromatic carbocycles. The Hall–Kier alpha value is -3.08. The molecular weight excluding hydrogens is 543 g/mol. The number of para-hydroxylation sites is 1. The van der Waals surface area contributed by atoms with Crippen molar-refractivity contribution in [3.05, 3.63) is 77.1 Å². The summed E-state index contributed by atoms with van der Waals surface area (Å²) in [5, 5.41) is 11.1. The highest BCUT2D eigenvalue weighted by Gasteiger charge is 2.11. The molecule has 1 amide bonds. The fourth-order valence-electron chi connectivity index (χ4n) is 3.31. The van der Waals surface area contributed by atoms with Crippen LogP contribution in [0.15, 0.2) is 59.6 Å². The van der Waals surface area contributed by atoms with Crippen molar-refractivity contribution < 1.29 is 9.53 Å². The number of aryl methyl sites for hydroxylation is 2. The van der Waals surface area contributed by atoms with Gasteiger partial charge < -0.3 is 20.3 Å². The van der Waals surface area contributed by atoms with Crippen LogP contribution in [0.25, 0.3) is 5.69 Å². The summed E-state index contributed by atoms with van der Waals surface area (Å²) in [4.78, 5) is 18.3. The molecular formula is C25H33IN6O2. The predicted molar refractivity (Wildman–Crippen MR) is 146 cm³/mol. The molecule has 8 nitrogen and oxygen atoms in total. The zero-order chi connectivity index (χ0) is 23.8. The Balaban J connectivity index is 0.00000408. The van der Waals surface area contributed by atoms with E-state index in [1.807, 2.05) is 61.0 Å². The largest absolute Gasteiger partial charge is 0.497 e. The van der Waals surface area contributed by atoms with Crippen LogP contribution in [0.4, 0.5) is 0 Å². The molecule has 0 spiro atoms. The van der Waals surface area contributed by atoms with E-state index in [1.165, 1.54) is 0 Å². The summed E-state index contributed by atoms with van der Waals surface area (Å²) < 4.78 is 7.17. The van der Waals surface area contributed by atoms with E-state index in [2.05, 4.69) is 32.9 Å². The maximum atomic E-state index is 12.1. The summed E-state index contributed by atoms with van der Waals surface area (Å²) in [6.07, 6.45) is 0. The number of aromatic nitrogens is 2. The van der Waals surface area contributed by atoms with Crippen molar-refractivity contribution in [2.24, 2.45) is 4.99 Å². The van der Waals surface area contributed by atoms with Crippen LogP contribution in [0.5, 0.6) is 5.75 Å². The Morgan fingerprint density at radius 2 is 1.79 bits per heavy atom. The summed E-state index contributed by atoms with van der Waals surface area (Å²) in [6, 6.07) is 17.9. The molecule has 0 unspecified atom stereocenters. The van der Waals surface area contributed by atoms with Gasteiger partial charge in [-0.15, -0.1) is 24.0 Å². The Morgan fingerprint density at radius 3 is 2.41 bits per heavy atom. The van der Waals surface area contributed by atoms with Gasteiger partial charge in [-0.2, -0.15) is 5.10 Å². The van der Waals surface area contributed by atoms with Crippen LogP contribution in [0.3, 0.4) is 0 Å². The number of benzene rings is 2. The number of carbonyl (C=O) groups excluding carboxylic acids is 1. The SMILES string of the molecule is COc1ccc(CN=C(NCC(=O)N(C)C)NCc2ccccc2-n2nc(C)cc2C)cc1.I. The zero-order valence-electron chi connectivity index (χ0n) is 20.3. The first-order chi connectivity index (χ1) is 15.9. The van der Waals surface area contributed by atoms with Gasteiger partial charge in [0.1, 0.15) is 5.75 Å². The zero-order valence-corrected chi connectivity index (χ0v) is 22.7. The molecule has 0 aliphatic rings. The third kappa shape index (κ3) is 7.47. The quantitative estimate of drug-likeness (QED) is 0.244. The molecule has 3 aromatic rings. The molecule has 0 bridgehead atoms. The first-order valence-electron chi connectivity index (χ1n) is 10.8. The smallest absolute Gasteiger partial charge is 0.241 e. The molecule has 2 N–H and O–H groups in total. The number of guanidine groups is 1. The number of hydrogen-bond donors (Lipinski definition) is 2. The van der Waals surface area contributed by atoms with E-state index in [9.17, 15) is 4.79 Å². The van der Waals surface area contributed by atoms with Gasteiger partial charge in [0.15, 0.2) is 5.96 Å². The molecule has 0 fully saturated rings. The lowest BCUT2D eigenvalue weighted by Crippen LogP contribution is -2.42. The predicted octanol–water partition coefficient (Wildman–Crippen LogP) is 3.44. The number of halogens is 1. The molecule has 3 rings (SSSR count). The van der Waals surface area contributed by atoms with E-state index in [0.29, 0.717) is 19.0 Å². The number of ether oxygens (including phenoxy) is 1. The Morgan fingerprint density at radius 1 is 1.09 bits per heavy atom. The first kappa shape index (κ1) is 27.2. The summed E-state index contributed by atoms with van der Waals surface area (Å²) in [5.74, 6) is 1.33. The minimum Gasteiger partial charge on any atom is -0.497 e.